The molecule has 0 spiro atoms. The molecule has 0 bridgehead atoms. The summed E-state index contributed by atoms with van der Waals surface area (Å²) >= 11 is 4.78. The van der Waals surface area contributed by atoms with Crippen molar-refractivity contribution in [1.82, 2.24) is 4.57 Å². The summed E-state index contributed by atoms with van der Waals surface area (Å²) in [6, 6.07) is 18.6. The monoisotopic (exact) mass is 488 g/mol. The van der Waals surface area contributed by atoms with Crippen LogP contribution in [-0.2, 0) is 6.54 Å². The predicted octanol–water partition coefficient (Wildman–Crippen LogP) is 5.10. The van der Waals surface area contributed by atoms with E-state index in [4.69, 9.17) is 10.8 Å². The Morgan fingerprint density at radius 1 is 1.13 bits per heavy atom. The van der Waals surface area contributed by atoms with Gasteiger partial charge >= 0.3 is 5.63 Å². The Labute approximate surface area is 188 Å². The van der Waals surface area contributed by atoms with Crippen molar-refractivity contribution in [3.8, 4) is 12.3 Å². The molecule has 2 aromatic heterocycles. The molecule has 2 heterocycles. The first-order valence-electron chi connectivity index (χ1n) is 9.32. The van der Waals surface area contributed by atoms with Gasteiger partial charge in [-0.05, 0) is 41.1 Å². The van der Waals surface area contributed by atoms with Crippen LogP contribution >= 0.6 is 27.3 Å². The van der Waals surface area contributed by atoms with E-state index < -0.39 is 11.5 Å². The molecule has 0 aliphatic heterocycles. The number of thiazole rings is 1. The molecule has 0 unspecified atom stereocenters. The van der Waals surface area contributed by atoms with Crippen molar-refractivity contribution in [1.29, 1.82) is 0 Å². The average Bonchev–Trinajstić information content (AvgIpc) is 3.09. The smallest absolute Gasteiger partial charge is 0.349 e. The largest absolute Gasteiger partial charge is 0.422 e. The molecule has 0 saturated heterocycles. The zero-order valence-electron chi connectivity index (χ0n) is 16.0. The Morgan fingerprint density at radius 2 is 1.97 bits per heavy atom. The molecule has 0 N–H and O–H groups in total. The van der Waals surface area contributed by atoms with E-state index in [9.17, 15) is 9.59 Å². The minimum absolute atomic E-state index is 0.116. The average molecular weight is 489 g/mol. The quantitative estimate of drug-likeness (QED) is 0.197. The fourth-order valence-electron chi connectivity index (χ4n) is 3.54. The van der Waals surface area contributed by atoms with Crippen LogP contribution in [0.25, 0.3) is 32.0 Å². The first-order valence-corrected chi connectivity index (χ1v) is 10.9. The van der Waals surface area contributed by atoms with Gasteiger partial charge in [0, 0.05) is 9.86 Å². The first kappa shape index (κ1) is 19.5. The summed E-state index contributed by atoms with van der Waals surface area (Å²) in [4.78, 5) is 30.2. The predicted molar refractivity (Wildman–Crippen MR) is 126 cm³/mol. The van der Waals surface area contributed by atoms with Gasteiger partial charge in [0.2, 0.25) is 0 Å². The molecule has 7 heteroatoms. The van der Waals surface area contributed by atoms with E-state index in [-0.39, 0.29) is 12.1 Å². The van der Waals surface area contributed by atoms with Gasteiger partial charge in [0.25, 0.3) is 5.91 Å². The first-order chi connectivity index (χ1) is 15.0. The Hall–Kier alpha value is -3.47. The second-order valence-electron chi connectivity index (χ2n) is 6.85. The second kappa shape index (κ2) is 7.65. The fourth-order valence-corrected chi connectivity index (χ4v) is 5.12. The standard InChI is InChI=1S/C24H13BrN2O3S/c1-2-11-27-19-9-8-15(25)12-21(19)31-24(27)26-22(28)18-13-17-16-6-4-3-5-14(16)7-10-20(17)30-23(18)29/h1,3-10,12-13H,11H2. The van der Waals surface area contributed by atoms with Gasteiger partial charge in [-0.15, -0.1) is 6.42 Å². The zero-order chi connectivity index (χ0) is 21.5. The van der Waals surface area contributed by atoms with Gasteiger partial charge < -0.3 is 8.98 Å². The van der Waals surface area contributed by atoms with Gasteiger partial charge in [-0.25, -0.2) is 4.79 Å². The van der Waals surface area contributed by atoms with E-state index in [2.05, 4.69) is 26.8 Å². The third-order valence-electron chi connectivity index (χ3n) is 4.96. The Kier molecular flexibility index (Phi) is 4.81. The molecule has 0 saturated carbocycles. The number of carbonyl (C=O) groups is 1. The van der Waals surface area contributed by atoms with Crippen molar-refractivity contribution in [3.63, 3.8) is 0 Å². The summed E-state index contributed by atoms with van der Waals surface area (Å²) in [5.41, 5.74) is 0.460. The van der Waals surface area contributed by atoms with Crippen molar-refractivity contribution in [2.45, 2.75) is 6.54 Å². The Balaban J connectivity index is 1.72. The molecule has 0 atom stereocenters. The molecule has 1 amide bonds. The minimum atomic E-state index is -0.719. The maximum Gasteiger partial charge on any atom is 0.349 e. The molecule has 0 fully saturated rings. The zero-order valence-corrected chi connectivity index (χ0v) is 18.4. The minimum Gasteiger partial charge on any atom is -0.422 e. The highest BCUT2D eigenvalue weighted by atomic mass is 79.9. The third-order valence-corrected chi connectivity index (χ3v) is 6.50. The highest BCUT2D eigenvalue weighted by Crippen LogP contribution is 2.25. The second-order valence-corrected chi connectivity index (χ2v) is 8.77. The van der Waals surface area contributed by atoms with Gasteiger partial charge in [0.15, 0.2) is 4.80 Å². The van der Waals surface area contributed by atoms with Crippen molar-refractivity contribution in [2.75, 3.05) is 0 Å². The van der Waals surface area contributed by atoms with Crippen LogP contribution in [0.1, 0.15) is 10.4 Å². The van der Waals surface area contributed by atoms with Crippen molar-refractivity contribution in [2.24, 2.45) is 4.99 Å². The lowest BCUT2D eigenvalue weighted by molar-refractivity contribution is 0.0994. The molecule has 31 heavy (non-hydrogen) atoms. The number of halogens is 1. The number of terminal acetylenes is 1. The number of hydrogen-bond donors (Lipinski definition) is 0. The molecular weight excluding hydrogens is 476 g/mol. The molecule has 3 aromatic carbocycles. The summed E-state index contributed by atoms with van der Waals surface area (Å²) in [6.45, 7) is 0.255. The number of amides is 1. The lowest BCUT2D eigenvalue weighted by Crippen LogP contribution is -2.19. The Morgan fingerprint density at radius 3 is 2.81 bits per heavy atom. The highest BCUT2D eigenvalue weighted by molar-refractivity contribution is 9.10. The SMILES string of the molecule is C#CCn1c(=NC(=O)c2cc3c(ccc4ccccc43)oc2=O)sc2cc(Br)ccc21. The number of nitrogens with zero attached hydrogens (tertiary/aromatic N) is 2. The van der Waals surface area contributed by atoms with Gasteiger partial charge in [0.05, 0.1) is 16.8 Å². The topological polar surface area (TPSA) is 64.6 Å². The molecule has 0 aliphatic carbocycles. The number of aromatic nitrogens is 1. The van der Waals surface area contributed by atoms with E-state index in [0.717, 1.165) is 25.5 Å². The van der Waals surface area contributed by atoms with Crippen LogP contribution in [0, 0.1) is 12.3 Å². The van der Waals surface area contributed by atoms with E-state index in [0.29, 0.717) is 15.8 Å². The van der Waals surface area contributed by atoms with Crippen LogP contribution in [0.4, 0.5) is 0 Å². The molecule has 5 aromatic rings. The van der Waals surface area contributed by atoms with Crippen LogP contribution < -0.4 is 10.4 Å². The number of benzene rings is 3. The number of fused-ring (bicyclic) bond motifs is 4. The number of hydrogen-bond acceptors (Lipinski definition) is 4. The summed E-state index contributed by atoms with van der Waals surface area (Å²) in [5, 5.41) is 2.57. The maximum atomic E-state index is 13.0. The molecule has 0 aliphatic rings. The van der Waals surface area contributed by atoms with Crippen LogP contribution in [0.3, 0.4) is 0 Å². The van der Waals surface area contributed by atoms with Crippen LogP contribution in [0.5, 0.6) is 0 Å². The van der Waals surface area contributed by atoms with Crippen molar-refractivity contribution >= 4 is 65.1 Å². The molecule has 5 nitrogen and oxygen atoms in total. The summed E-state index contributed by atoms with van der Waals surface area (Å²) in [7, 11) is 0. The lowest BCUT2D eigenvalue weighted by atomic mass is 10.0. The van der Waals surface area contributed by atoms with Crippen LogP contribution in [0.2, 0.25) is 0 Å². The van der Waals surface area contributed by atoms with E-state index in [1.165, 1.54) is 11.3 Å². The van der Waals surface area contributed by atoms with Gasteiger partial charge in [0.1, 0.15) is 11.1 Å². The maximum absolute atomic E-state index is 13.0. The van der Waals surface area contributed by atoms with E-state index in [1.807, 2.05) is 48.5 Å². The number of rotatable bonds is 2. The lowest BCUT2D eigenvalue weighted by Gasteiger charge is -2.04. The van der Waals surface area contributed by atoms with E-state index >= 15 is 0 Å². The van der Waals surface area contributed by atoms with E-state index in [1.54, 1.807) is 16.7 Å². The molecule has 5 rings (SSSR count). The highest BCUT2D eigenvalue weighted by Gasteiger charge is 2.16. The summed E-state index contributed by atoms with van der Waals surface area (Å²) in [6.07, 6.45) is 5.52. The molecule has 150 valence electrons. The van der Waals surface area contributed by atoms with Gasteiger partial charge in [-0.2, -0.15) is 4.99 Å². The van der Waals surface area contributed by atoms with Crippen LogP contribution in [-0.4, -0.2) is 10.5 Å². The summed E-state index contributed by atoms with van der Waals surface area (Å²) < 4.78 is 9.05. The molecule has 0 radical (unpaired) electrons. The molecular formula is C24H13BrN2O3S. The fraction of sp³-hybridized carbons (Fsp3) is 0.0417. The number of carbonyl (C=O) groups excluding carboxylic acids is 1. The van der Waals surface area contributed by atoms with Gasteiger partial charge in [-0.3, -0.25) is 4.79 Å². The van der Waals surface area contributed by atoms with Crippen LogP contribution in [0.15, 0.2) is 79.3 Å². The van der Waals surface area contributed by atoms with Gasteiger partial charge in [-0.1, -0.05) is 63.5 Å². The summed E-state index contributed by atoms with van der Waals surface area (Å²) in [5.74, 6) is 1.93. The van der Waals surface area contributed by atoms with Crippen molar-refractivity contribution < 1.29 is 9.21 Å². The third kappa shape index (κ3) is 3.40. The van der Waals surface area contributed by atoms with Crippen molar-refractivity contribution in [3.05, 3.63) is 85.9 Å². The normalized spacial score (nSPS) is 11.9. The Bertz CT molecular complexity index is 1690.